The molecule has 0 saturated heterocycles. The van der Waals surface area contributed by atoms with Gasteiger partial charge in [-0.3, -0.25) is 4.21 Å². The predicted octanol–water partition coefficient (Wildman–Crippen LogP) is 6.30. The fourth-order valence-corrected chi connectivity index (χ4v) is 4.60. The molecule has 0 aliphatic rings. The summed E-state index contributed by atoms with van der Waals surface area (Å²) in [6.45, 7) is 0. The molecule has 1 heterocycles. The molecule has 0 aliphatic heterocycles. The number of H-pyrrole nitrogens is 1. The van der Waals surface area contributed by atoms with Crippen molar-refractivity contribution in [1.82, 2.24) is 4.98 Å². The number of hydrogen-bond donors (Lipinski definition) is 1. The van der Waals surface area contributed by atoms with Gasteiger partial charge in [-0.2, -0.15) is 0 Å². The second kappa shape index (κ2) is 8.28. The van der Waals surface area contributed by atoms with Crippen LogP contribution in [0.5, 0.6) is 0 Å². The Balaban J connectivity index is 1.98. The average molecular weight is 448 g/mol. The normalized spacial score (nSPS) is 13.5. The van der Waals surface area contributed by atoms with Crippen LogP contribution in [0.3, 0.4) is 0 Å². The highest BCUT2D eigenvalue weighted by molar-refractivity contribution is 7.83. The lowest BCUT2D eigenvalue weighted by Gasteiger charge is -2.19. The van der Waals surface area contributed by atoms with Gasteiger partial charge in [0, 0.05) is 39.6 Å². The Hall–Kier alpha value is -2.57. The second-order valence-electron chi connectivity index (χ2n) is 7.10. The molecule has 0 amide bonds. The number of benzene rings is 3. The molecule has 0 radical (unpaired) electrons. The van der Waals surface area contributed by atoms with E-state index in [2.05, 4.69) is 4.98 Å². The van der Waals surface area contributed by atoms with E-state index in [0.29, 0.717) is 33.2 Å². The van der Waals surface area contributed by atoms with Crippen LogP contribution in [0, 0.1) is 17.5 Å². The minimum Gasteiger partial charge on any atom is -0.361 e. The van der Waals surface area contributed by atoms with Crippen molar-refractivity contribution in [2.24, 2.45) is 0 Å². The Kier molecular flexibility index (Phi) is 5.71. The molecule has 4 rings (SSSR count). The highest BCUT2D eigenvalue weighted by Gasteiger charge is 2.24. The number of rotatable bonds is 5. The van der Waals surface area contributed by atoms with Crippen molar-refractivity contribution >= 4 is 33.3 Å². The Labute approximate surface area is 179 Å². The largest absolute Gasteiger partial charge is 0.361 e. The molecule has 0 aliphatic carbocycles. The molecular weight excluding hydrogens is 431 g/mol. The van der Waals surface area contributed by atoms with Gasteiger partial charge in [0.15, 0.2) is 0 Å². The van der Waals surface area contributed by atoms with Crippen LogP contribution in [0.15, 0.2) is 60.8 Å². The summed E-state index contributed by atoms with van der Waals surface area (Å²) in [5.41, 5.74) is 2.82. The third-order valence-electron chi connectivity index (χ3n) is 5.01. The van der Waals surface area contributed by atoms with Crippen LogP contribution in [0.25, 0.3) is 10.9 Å². The maximum Gasteiger partial charge on any atom is 0.128 e. The van der Waals surface area contributed by atoms with E-state index in [1.807, 2.05) is 0 Å². The van der Waals surface area contributed by atoms with Crippen molar-refractivity contribution < 1.29 is 17.4 Å². The summed E-state index contributed by atoms with van der Waals surface area (Å²) in [6.07, 6.45) is 3.24. The summed E-state index contributed by atoms with van der Waals surface area (Å²) in [5, 5.41) is 0.811. The van der Waals surface area contributed by atoms with Gasteiger partial charge in [-0.1, -0.05) is 29.8 Å². The van der Waals surface area contributed by atoms with E-state index < -0.39 is 34.2 Å². The van der Waals surface area contributed by atoms with Crippen molar-refractivity contribution in [3.8, 4) is 0 Å². The van der Waals surface area contributed by atoms with Crippen LogP contribution in [-0.4, -0.2) is 15.4 Å². The van der Waals surface area contributed by atoms with Gasteiger partial charge in [-0.15, -0.1) is 0 Å². The van der Waals surface area contributed by atoms with Crippen LogP contribution in [0.4, 0.5) is 13.2 Å². The number of fused-ring (bicyclic) bond motifs is 1. The standard InChI is InChI=1S/C23H17ClF3NOS/c1-30(29)12-14-8-17(26)10-19-20(11-28-23(14)19)22(13-2-5-16(25)6-3-13)18-7-4-15(24)9-21(18)27/h2-11,22,28H,12H2,1H3. The van der Waals surface area contributed by atoms with Gasteiger partial charge in [0.2, 0.25) is 0 Å². The lowest BCUT2D eigenvalue weighted by Crippen LogP contribution is -2.06. The van der Waals surface area contributed by atoms with E-state index in [1.54, 1.807) is 36.7 Å². The lowest BCUT2D eigenvalue weighted by molar-refractivity contribution is 0.606. The Morgan fingerprint density at radius 2 is 1.70 bits per heavy atom. The van der Waals surface area contributed by atoms with Gasteiger partial charge >= 0.3 is 0 Å². The number of aromatic nitrogens is 1. The number of halogens is 4. The van der Waals surface area contributed by atoms with Gasteiger partial charge in [0.25, 0.3) is 0 Å². The van der Waals surface area contributed by atoms with Crippen LogP contribution in [0.1, 0.15) is 28.2 Å². The van der Waals surface area contributed by atoms with Crippen LogP contribution in [-0.2, 0) is 16.6 Å². The number of aromatic amines is 1. The van der Waals surface area contributed by atoms with E-state index in [1.165, 1.54) is 30.3 Å². The van der Waals surface area contributed by atoms with Crippen LogP contribution < -0.4 is 0 Å². The van der Waals surface area contributed by atoms with Crippen molar-refractivity contribution in [1.29, 1.82) is 0 Å². The first-order chi connectivity index (χ1) is 14.3. The van der Waals surface area contributed by atoms with Gasteiger partial charge in [0.1, 0.15) is 17.5 Å². The topological polar surface area (TPSA) is 32.9 Å². The Morgan fingerprint density at radius 1 is 0.967 bits per heavy atom. The average Bonchev–Trinajstić information content (AvgIpc) is 3.08. The maximum absolute atomic E-state index is 14.9. The van der Waals surface area contributed by atoms with Gasteiger partial charge < -0.3 is 4.98 Å². The zero-order valence-corrected chi connectivity index (χ0v) is 17.5. The maximum atomic E-state index is 14.9. The molecule has 1 N–H and O–H groups in total. The molecule has 30 heavy (non-hydrogen) atoms. The zero-order valence-electron chi connectivity index (χ0n) is 15.9. The van der Waals surface area contributed by atoms with Crippen molar-refractivity contribution in [3.63, 3.8) is 0 Å². The highest BCUT2D eigenvalue weighted by atomic mass is 35.5. The van der Waals surface area contributed by atoms with E-state index in [9.17, 15) is 17.4 Å². The smallest absolute Gasteiger partial charge is 0.128 e. The molecule has 154 valence electrons. The van der Waals surface area contributed by atoms with Crippen LogP contribution >= 0.6 is 11.6 Å². The summed E-state index contributed by atoms with van der Waals surface area (Å²) in [7, 11) is -1.17. The van der Waals surface area contributed by atoms with E-state index >= 15 is 0 Å². The minimum atomic E-state index is -1.17. The summed E-state index contributed by atoms with van der Waals surface area (Å²) in [5.74, 6) is -1.84. The van der Waals surface area contributed by atoms with E-state index in [-0.39, 0.29) is 10.8 Å². The SMILES string of the molecule is CS(=O)Cc1cc(F)cc2c(C(c3ccc(F)cc3)c3ccc(Cl)cc3F)c[nH]c12. The van der Waals surface area contributed by atoms with Crippen molar-refractivity contribution in [3.05, 3.63) is 106 Å². The van der Waals surface area contributed by atoms with E-state index in [0.717, 1.165) is 0 Å². The molecule has 2 nitrogen and oxygen atoms in total. The summed E-state index contributed by atoms with van der Waals surface area (Å²) < 4.78 is 54.6. The molecular formula is C23H17ClF3NOS. The summed E-state index contributed by atoms with van der Waals surface area (Å²) >= 11 is 5.92. The second-order valence-corrected chi connectivity index (χ2v) is 8.97. The first-order valence-corrected chi connectivity index (χ1v) is 11.2. The molecule has 1 aromatic heterocycles. The summed E-state index contributed by atoms with van der Waals surface area (Å²) in [4.78, 5) is 3.13. The predicted molar refractivity (Wildman–Crippen MR) is 115 cm³/mol. The molecule has 2 unspecified atom stereocenters. The van der Waals surface area contributed by atoms with E-state index in [4.69, 9.17) is 11.6 Å². The third kappa shape index (κ3) is 4.02. The van der Waals surface area contributed by atoms with Crippen LogP contribution in [0.2, 0.25) is 5.02 Å². The molecule has 0 bridgehead atoms. The first kappa shape index (κ1) is 20.7. The fraction of sp³-hybridized carbons (Fsp3) is 0.130. The monoisotopic (exact) mass is 447 g/mol. The van der Waals surface area contributed by atoms with Gasteiger partial charge in [-0.05, 0) is 58.7 Å². The van der Waals surface area contributed by atoms with Gasteiger partial charge in [-0.25, -0.2) is 13.2 Å². The third-order valence-corrected chi connectivity index (χ3v) is 5.97. The zero-order chi connectivity index (χ0) is 21.4. The minimum absolute atomic E-state index is 0.185. The summed E-state index contributed by atoms with van der Waals surface area (Å²) in [6, 6.07) is 12.8. The Morgan fingerprint density at radius 3 is 2.37 bits per heavy atom. The number of nitrogens with one attached hydrogen (secondary N) is 1. The lowest BCUT2D eigenvalue weighted by atomic mass is 9.84. The molecule has 0 saturated carbocycles. The molecule has 3 aromatic carbocycles. The molecule has 0 spiro atoms. The number of hydrogen-bond acceptors (Lipinski definition) is 1. The first-order valence-electron chi connectivity index (χ1n) is 9.13. The molecule has 2 atom stereocenters. The molecule has 4 aromatic rings. The van der Waals surface area contributed by atoms with Gasteiger partial charge in [0.05, 0.1) is 11.3 Å². The van der Waals surface area contributed by atoms with Crippen molar-refractivity contribution in [2.75, 3.05) is 6.26 Å². The molecule has 7 heteroatoms. The fourth-order valence-electron chi connectivity index (χ4n) is 3.78. The Bertz CT molecular complexity index is 1250. The highest BCUT2D eigenvalue weighted by Crippen LogP contribution is 2.39. The van der Waals surface area contributed by atoms with Crippen molar-refractivity contribution in [2.45, 2.75) is 11.7 Å². The quantitative estimate of drug-likeness (QED) is 0.382. The molecule has 0 fully saturated rings.